The molecular formula is C12H12ClFOS. The van der Waals surface area contributed by atoms with Crippen LogP contribution in [0.5, 0.6) is 0 Å². The smallest absolute Gasteiger partial charge is 0.139 e. The molecule has 4 heteroatoms. The average Bonchev–Trinajstić information content (AvgIpc) is 2.64. The minimum Gasteiger partial charge on any atom is -0.378 e. The van der Waals surface area contributed by atoms with Crippen molar-refractivity contribution in [3.63, 3.8) is 0 Å². The summed E-state index contributed by atoms with van der Waals surface area (Å²) in [5.41, 5.74) is 1.18. The lowest BCUT2D eigenvalue weighted by Crippen LogP contribution is -2.44. The van der Waals surface area contributed by atoms with E-state index in [0.717, 1.165) is 22.8 Å². The van der Waals surface area contributed by atoms with Crippen LogP contribution in [0.25, 0.3) is 0 Å². The van der Waals surface area contributed by atoms with Crippen LogP contribution in [0.1, 0.15) is 12.0 Å². The quantitative estimate of drug-likeness (QED) is 0.705. The summed E-state index contributed by atoms with van der Waals surface area (Å²) in [5, 5.41) is 0.748. The fraction of sp³-hybridized carbons (Fsp3) is 0.500. The molecule has 0 aliphatic carbocycles. The Kier molecular flexibility index (Phi) is 2.65. The van der Waals surface area contributed by atoms with Gasteiger partial charge in [-0.15, -0.1) is 11.8 Å². The van der Waals surface area contributed by atoms with Crippen LogP contribution in [0.15, 0.2) is 23.1 Å². The molecule has 1 spiro atoms. The lowest BCUT2D eigenvalue weighted by molar-refractivity contribution is 0.0133. The van der Waals surface area contributed by atoms with E-state index in [-0.39, 0.29) is 11.4 Å². The van der Waals surface area contributed by atoms with E-state index in [0.29, 0.717) is 6.61 Å². The summed E-state index contributed by atoms with van der Waals surface area (Å²) in [5.74, 6) is 0. The van der Waals surface area contributed by atoms with Gasteiger partial charge in [0, 0.05) is 11.5 Å². The standard InChI is InChI=1S/C12H12ClFOS/c13-9-3-1-2-8-6-12(16-11(8)9)4-5-15-7-10(12)14/h1-3,10H,4-7H2. The Hall–Kier alpha value is -0.250. The number of rotatable bonds is 0. The maximum Gasteiger partial charge on any atom is 0.139 e. The van der Waals surface area contributed by atoms with Crippen LogP contribution in [-0.4, -0.2) is 24.1 Å². The third kappa shape index (κ3) is 1.57. The highest BCUT2D eigenvalue weighted by Crippen LogP contribution is 2.53. The van der Waals surface area contributed by atoms with Gasteiger partial charge in [0.15, 0.2) is 0 Å². The maximum absolute atomic E-state index is 14.1. The molecule has 2 aliphatic heterocycles. The predicted molar refractivity (Wildman–Crippen MR) is 64.1 cm³/mol. The van der Waals surface area contributed by atoms with E-state index >= 15 is 0 Å². The van der Waals surface area contributed by atoms with Gasteiger partial charge < -0.3 is 4.74 Å². The Morgan fingerprint density at radius 2 is 2.38 bits per heavy atom. The number of halogens is 2. The van der Waals surface area contributed by atoms with Gasteiger partial charge in [-0.3, -0.25) is 0 Å². The van der Waals surface area contributed by atoms with Crippen LogP contribution in [-0.2, 0) is 11.2 Å². The summed E-state index contributed by atoms with van der Waals surface area (Å²) in [4.78, 5) is 1.06. The first kappa shape index (κ1) is 10.9. The SMILES string of the molecule is FC1COCCC12Cc1cccc(Cl)c1S2. The van der Waals surface area contributed by atoms with Crippen molar-refractivity contribution in [1.29, 1.82) is 0 Å². The number of ether oxygens (including phenoxy) is 1. The molecule has 0 radical (unpaired) electrons. The average molecular weight is 259 g/mol. The summed E-state index contributed by atoms with van der Waals surface area (Å²) in [6.45, 7) is 0.873. The van der Waals surface area contributed by atoms with Gasteiger partial charge in [-0.05, 0) is 24.5 Å². The molecule has 1 aromatic rings. The van der Waals surface area contributed by atoms with Crippen molar-refractivity contribution in [2.24, 2.45) is 0 Å². The largest absolute Gasteiger partial charge is 0.378 e. The molecule has 3 rings (SSSR count). The van der Waals surface area contributed by atoms with Crippen LogP contribution in [0.3, 0.4) is 0 Å². The van der Waals surface area contributed by atoms with Gasteiger partial charge in [-0.25, -0.2) is 4.39 Å². The molecule has 1 saturated heterocycles. The lowest BCUT2D eigenvalue weighted by atomic mass is 9.90. The Bertz CT molecular complexity index is 425. The first-order valence-corrected chi connectivity index (χ1v) is 6.59. The highest BCUT2D eigenvalue weighted by molar-refractivity contribution is 8.01. The third-order valence-electron chi connectivity index (χ3n) is 3.35. The summed E-state index contributed by atoms with van der Waals surface area (Å²) in [6.07, 6.45) is 0.650. The number of thioether (sulfide) groups is 1. The minimum absolute atomic E-state index is 0.221. The first-order valence-electron chi connectivity index (χ1n) is 5.39. The van der Waals surface area contributed by atoms with Crippen LogP contribution < -0.4 is 0 Å². The second-order valence-corrected chi connectivity index (χ2v) is 6.20. The molecule has 0 bridgehead atoms. The lowest BCUT2D eigenvalue weighted by Gasteiger charge is -2.35. The van der Waals surface area contributed by atoms with Gasteiger partial charge in [-0.1, -0.05) is 23.7 Å². The molecule has 0 aromatic heterocycles. The van der Waals surface area contributed by atoms with Crippen molar-refractivity contribution >= 4 is 23.4 Å². The summed E-state index contributed by atoms with van der Waals surface area (Å²) in [7, 11) is 0. The second kappa shape index (κ2) is 3.90. The van der Waals surface area contributed by atoms with Gasteiger partial charge >= 0.3 is 0 Å². The molecule has 2 aliphatic rings. The van der Waals surface area contributed by atoms with Gasteiger partial charge in [0.2, 0.25) is 0 Å². The molecule has 2 heterocycles. The Morgan fingerprint density at radius 1 is 1.50 bits per heavy atom. The van der Waals surface area contributed by atoms with Gasteiger partial charge in [0.1, 0.15) is 6.17 Å². The topological polar surface area (TPSA) is 9.23 Å². The molecule has 0 N–H and O–H groups in total. The second-order valence-electron chi connectivity index (χ2n) is 4.36. The van der Waals surface area contributed by atoms with Crippen LogP contribution in [0, 0.1) is 0 Å². The van der Waals surface area contributed by atoms with Gasteiger partial charge in [0.05, 0.1) is 16.4 Å². The van der Waals surface area contributed by atoms with E-state index in [2.05, 4.69) is 0 Å². The molecular weight excluding hydrogens is 247 g/mol. The molecule has 0 saturated carbocycles. The molecule has 0 amide bonds. The van der Waals surface area contributed by atoms with Crippen LogP contribution in [0.2, 0.25) is 5.02 Å². The molecule has 86 valence electrons. The molecule has 2 atom stereocenters. The molecule has 1 aromatic carbocycles. The van der Waals surface area contributed by atoms with Gasteiger partial charge in [-0.2, -0.15) is 0 Å². The van der Waals surface area contributed by atoms with Crippen molar-refractivity contribution in [1.82, 2.24) is 0 Å². The van der Waals surface area contributed by atoms with Crippen molar-refractivity contribution in [2.75, 3.05) is 13.2 Å². The third-order valence-corrected chi connectivity index (χ3v) is 5.47. The number of fused-ring (bicyclic) bond motifs is 1. The van der Waals surface area contributed by atoms with E-state index in [1.165, 1.54) is 5.56 Å². The fourth-order valence-corrected chi connectivity index (χ4v) is 4.19. The first-order chi connectivity index (χ1) is 7.71. The highest BCUT2D eigenvalue weighted by Gasteiger charge is 2.47. The monoisotopic (exact) mass is 258 g/mol. The van der Waals surface area contributed by atoms with Gasteiger partial charge in [0.25, 0.3) is 0 Å². The summed E-state index contributed by atoms with van der Waals surface area (Å²) >= 11 is 7.75. The van der Waals surface area contributed by atoms with E-state index < -0.39 is 6.17 Å². The molecule has 2 unspecified atom stereocenters. The van der Waals surface area contributed by atoms with Crippen molar-refractivity contribution in [2.45, 2.75) is 28.7 Å². The van der Waals surface area contributed by atoms with Crippen molar-refractivity contribution < 1.29 is 9.13 Å². The van der Waals surface area contributed by atoms with Crippen LogP contribution in [0.4, 0.5) is 4.39 Å². The Labute approximate surface area is 103 Å². The van der Waals surface area contributed by atoms with E-state index in [9.17, 15) is 4.39 Å². The molecule has 1 fully saturated rings. The molecule has 16 heavy (non-hydrogen) atoms. The maximum atomic E-state index is 14.1. The zero-order valence-electron chi connectivity index (χ0n) is 8.71. The van der Waals surface area contributed by atoms with Crippen LogP contribution >= 0.6 is 23.4 Å². The number of hydrogen-bond acceptors (Lipinski definition) is 2. The van der Waals surface area contributed by atoms with E-state index in [1.807, 2.05) is 18.2 Å². The van der Waals surface area contributed by atoms with E-state index in [4.69, 9.17) is 16.3 Å². The zero-order chi connectivity index (χ0) is 11.2. The minimum atomic E-state index is -0.894. The van der Waals surface area contributed by atoms with Crippen molar-refractivity contribution in [3.8, 4) is 0 Å². The fourth-order valence-electron chi connectivity index (χ4n) is 2.42. The van der Waals surface area contributed by atoms with E-state index in [1.54, 1.807) is 11.8 Å². The number of hydrogen-bond donors (Lipinski definition) is 0. The summed E-state index contributed by atoms with van der Waals surface area (Å²) < 4.78 is 18.9. The normalized spacial score (nSPS) is 33.0. The highest BCUT2D eigenvalue weighted by atomic mass is 35.5. The predicted octanol–water partition coefficient (Wildman–Crippen LogP) is 3.49. The Balaban J connectivity index is 1.97. The Morgan fingerprint density at radius 3 is 3.12 bits per heavy atom. The number of benzene rings is 1. The van der Waals surface area contributed by atoms with Crippen molar-refractivity contribution in [3.05, 3.63) is 28.8 Å². The molecule has 1 nitrogen and oxygen atoms in total. The summed E-state index contributed by atoms with van der Waals surface area (Å²) in [6, 6.07) is 5.86. The number of alkyl halides is 1. The zero-order valence-corrected chi connectivity index (χ0v) is 10.3.